The number of benzene rings is 1. The smallest absolute Gasteiger partial charge is 0.326 e. The molecule has 0 spiro atoms. The number of ether oxygens (including phenoxy) is 2. The van der Waals surface area contributed by atoms with Crippen molar-refractivity contribution in [2.45, 2.75) is 18.8 Å². The van der Waals surface area contributed by atoms with Crippen molar-refractivity contribution in [3.05, 3.63) is 52.5 Å². The number of fused-ring (bicyclic) bond motifs is 3. The number of imidazole rings is 1. The van der Waals surface area contributed by atoms with Gasteiger partial charge in [-0.2, -0.15) is 9.37 Å². The maximum Gasteiger partial charge on any atom is 0.326 e. The SMILES string of the molecule is CN(C)CCCOc1ccc(-c2ccc3nc([C@@H]4CCOC4)c4c([nH]c(=O)n4C)c3c2)c(F)n1. The summed E-state index contributed by atoms with van der Waals surface area (Å²) in [6, 6.07) is 8.90. The average molecular weight is 466 g/mol. The Hall–Kier alpha value is -3.30. The van der Waals surface area contributed by atoms with Crippen LogP contribution in [0.3, 0.4) is 0 Å². The zero-order valence-electron chi connectivity index (χ0n) is 19.6. The van der Waals surface area contributed by atoms with Gasteiger partial charge in [-0.25, -0.2) is 4.79 Å². The van der Waals surface area contributed by atoms with Gasteiger partial charge in [0.25, 0.3) is 0 Å². The molecule has 1 N–H and O–H groups in total. The molecular formula is C25H28FN5O3. The standard InChI is InChI=1S/C25H28FN5O3/c1-30(2)10-4-11-34-20-8-6-17(24(26)28-20)15-5-7-19-18(13-15)22-23(31(3)25(32)29-22)21(27-19)16-9-12-33-14-16/h5-8,13,16H,4,9-12,14H2,1-3H3,(H,29,32)/t16-/m1/s1. The minimum absolute atomic E-state index is 0.139. The fourth-order valence-electron chi connectivity index (χ4n) is 4.50. The number of rotatable bonds is 7. The second-order valence-electron chi connectivity index (χ2n) is 9.00. The van der Waals surface area contributed by atoms with Crippen LogP contribution in [0.1, 0.15) is 24.5 Å². The van der Waals surface area contributed by atoms with Crippen molar-refractivity contribution in [3.8, 4) is 17.0 Å². The van der Waals surface area contributed by atoms with Crippen molar-refractivity contribution < 1.29 is 13.9 Å². The molecule has 1 saturated heterocycles. The number of hydrogen-bond acceptors (Lipinski definition) is 6. The molecule has 0 saturated carbocycles. The first-order chi connectivity index (χ1) is 16.4. The van der Waals surface area contributed by atoms with E-state index in [-0.39, 0.29) is 17.5 Å². The zero-order valence-corrected chi connectivity index (χ0v) is 19.6. The van der Waals surface area contributed by atoms with Crippen LogP contribution < -0.4 is 10.4 Å². The number of nitrogens with zero attached hydrogens (tertiary/aromatic N) is 4. The van der Waals surface area contributed by atoms with Crippen LogP contribution in [0.4, 0.5) is 4.39 Å². The molecule has 34 heavy (non-hydrogen) atoms. The summed E-state index contributed by atoms with van der Waals surface area (Å²) in [7, 11) is 5.72. The van der Waals surface area contributed by atoms with Gasteiger partial charge in [-0.3, -0.25) is 9.55 Å². The third kappa shape index (κ3) is 4.17. The third-order valence-electron chi connectivity index (χ3n) is 6.31. The lowest BCUT2D eigenvalue weighted by atomic mass is 9.99. The Morgan fingerprint density at radius 1 is 1.26 bits per heavy atom. The van der Waals surface area contributed by atoms with Crippen LogP contribution in [0, 0.1) is 5.95 Å². The largest absolute Gasteiger partial charge is 0.478 e. The second kappa shape index (κ2) is 9.15. The Labute approximate surface area is 196 Å². The first-order valence-corrected chi connectivity index (χ1v) is 11.5. The van der Waals surface area contributed by atoms with Gasteiger partial charge in [0, 0.05) is 43.1 Å². The Morgan fingerprint density at radius 3 is 2.85 bits per heavy atom. The Balaban J connectivity index is 1.52. The minimum Gasteiger partial charge on any atom is -0.478 e. The number of hydrogen-bond donors (Lipinski definition) is 1. The molecule has 4 aromatic rings. The lowest BCUT2D eigenvalue weighted by molar-refractivity contribution is 0.193. The molecule has 4 heterocycles. The lowest BCUT2D eigenvalue weighted by Gasteiger charge is -2.13. The molecule has 1 aromatic carbocycles. The predicted molar refractivity (Wildman–Crippen MR) is 129 cm³/mol. The topological polar surface area (TPSA) is 85.3 Å². The van der Waals surface area contributed by atoms with Crippen LogP contribution in [-0.2, 0) is 11.8 Å². The Kier molecular flexibility index (Phi) is 6.05. The highest BCUT2D eigenvalue weighted by molar-refractivity contribution is 6.04. The molecule has 5 rings (SSSR count). The first-order valence-electron chi connectivity index (χ1n) is 11.5. The van der Waals surface area contributed by atoms with E-state index in [2.05, 4.69) is 14.9 Å². The Morgan fingerprint density at radius 2 is 2.12 bits per heavy atom. The molecule has 1 fully saturated rings. The third-order valence-corrected chi connectivity index (χ3v) is 6.31. The summed E-state index contributed by atoms with van der Waals surface area (Å²) in [6.45, 7) is 2.63. The predicted octanol–water partition coefficient (Wildman–Crippen LogP) is 3.45. The van der Waals surface area contributed by atoms with E-state index in [0.29, 0.717) is 36.5 Å². The van der Waals surface area contributed by atoms with Crippen molar-refractivity contribution in [2.75, 3.05) is 40.5 Å². The highest BCUT2D eigenvalue weighted by Crippen LogP contribution is 2.34. The van der Waals surface area contributed by atoms with E-state index in [1.54, 1.807) is 23.7 Å². The summed E-state index contributed by atoms with van der Waals surface area (Å²) >= 11 is 0. The maximum atomic E-state index is 14.9. The normalized spacial score (nSPS) is 16.2. The van der Waals surface area contributed by atoms with Crippen molar-refractivity contribution in [1.29, 1.82) is 0 Å². The molecule has 9 heteroatoms. The molecule has 0 unspecified atom stereocenters. The summed E-state index contributed by atoms with van der Waals surface area (Å²) in [5, 5.41) is 0.760. The molecule has 0 aliphatic carbocycles. The van der Waals surface area contributed by atoms with Gasteiger partial charge < -0.3 is 19.4 Å². The monoisotopic (exact) mass is 465 g/mol. The van der Waals surface area contributed by atoms with Gasteiger partial charge in [-0.15, -0.1) is 0 Å². The van der Waals surface area contributed by atoms with Crippen LogP contribution >= 0.6 is 0 Å². The van der Waals surface area contributed by atoms with E-state index >= 15 is 0 Å². The zero-order chi connectivity index (χ0) is 23.8. The summed E-state index contributed by atoms with van der Waals surface area (Å²) < 4.78 is 27.7. The van der Waals surface area contributed by atoms with E-state index in [1.807, 2.05) is 32.3 Å². The van der Waals surface area contributed by atoms with Gasteiger partial charge >= 0.3 is 5.69 Å². The van der Waals surface area contributed by atoms with Gasteiger partial charge in [0.05, 0.1) is 35.5 Å². The molecule has 0 bridgehead atoms. The molecule has 1 aliphatic rings. The number of aryl methyl sites for hydroxylation is 1. The van der Waals surface area contributed by atoms with E-state index < -0.39 is 5.95 Å². The minimum atomic E-state index is -0.602. The summed E-state index contributed by atoms with van der Waals surface area (Å²) in [5.74, 6) is -0.199. The van der Waals surface area contributed by atoms with Gasteiger partial charge in [0.15, 0.2) is 0 Å². The molecule has 8 nitrogen and oxygen atoms in total. The van der Waals surface area contributed by atoms with E-state index in [0.717, 1.165) is 41.5 Å². The number of nitrogens with one attached hydrogen (secondary N) is 1. The number of halogens is 1. The van der Waals surface area contributed by atoms with E-state index in [1.165, 1.54) is 0 Å². The number of pyridine rings is 2. The molecule has 1 atom stereocenters. The summed E-state index contributed by atoms with van der Waals surface area (Å²) in [5.41, 5.74) is 3.88. The molecule has 178 valence electrons. The molecule has 0 amide bonds. The number of aromatic amines is 1. The van der Waals surface area contributed by atoms with Crippen molar-refractivity contribution in [3.63, 3.8) is 0 Å². The first kappa shape index (κ1) is 22.5. The van der Waals surface area contributed by atoms with E-state index in [9.17, 15) is 9.18 Å². The molecule has 3 aromatic heterocycles. The average Bonchev–Trinajstić information content (AvgIpc) is 3.45. The van der Waals surface area contributed by atoms with Gasteiger partial charge in [0.2, 0.25) is 11.8 Å². The van der Waals surface area contributed by atoms with Crippen molar-refractivity contribution >= 4 is 21.9 Å². The van der Waals surface area contributed by atoms with Crippen LogP contribution in [0.2, 0.25) is 0 Å². The quantitative estimate of drug-likeness (QED) is 0.332. The second-order valence-corrected chi connectivity index (χ2v) is 9.00. The van der Waals surface area contributed by atoms with Crippen LogP contribution in [0.25, 0.3) is 33.1 Å². The summed E-state index contributed by atoms with van der Waals surface area (Å²) in [6.07, 6.45) is 1.70. The lowest BCUT2D eigenvalue weighted by Crippen LogP contribution is -2.15. The molecule has 1 aliphatic heterocycles. The highest BCUT2D eigenvalue weighted by Gasteiger charge is 2.25. The number of aromatic nitrogens is 4. The van der Waals surface area contributed by atoms with Crippen molar-refractivity contribution in [1.82, 2.24) is 24.4 Å². The van der Waals surface area contributed by atoms with Gasteiger partial charge in [-0.05, 0) is 50.7 Å². The number of H-pyrrole nitrogens is 1. The van der Waals surface area contributed by atoms with Crippen LogP contribution in [0.5, 0.6) is 5.88 Å². The fraction of sp³-hybridized carbons (Fsp3) is 0.400. The van der Waals surface area contributed by atoms with Gasteiger partial charge in [0.1, 0.15) is 0 Å². The fourth-order valence-corrected chi connectivity index (χ4v) is 4.50. The van der Waals surface area contributed by atoms with Crippen molar-refractivity contribution in [2.24, 2.45) is 7.05 Å². The van der Waals surface area contributed by atoms with Gasteiger partial charge in [-0.1, -0.05) is 6.07 Å². The van der Waals surface area contributed by atoms with Crippen LogP contribution in [-0.4, -0.2) is 64.9 Å². The molecular weight excluding hydrogens is 437 g/mol. The molecule has 0 radical (unpaired) electrons. The Bertz CT molecular complexity index is 1410. The summed E-state index contributed by atoms with van der Waals surface area (Å²) in [4.78, 5) is 26.4. The highest BCUT2D eigenvalue weighted by atomic mass is 19.1. The maximum absolute atomic E-state index is 14.9. The van der Waals surface area contributed by atoms with Crippen LogP contribution in [0.15, 0.2) is 35.1 Å². The van der Waals surface area contributed by atoms with E-state index in [4.69, 9.17) is 14.5 Å².